The van der Waals surface area contributed by atoms with Gasteiger partial charge in [0.1, 0.15) is 0 Å². The van der Waals surface area contributed by atoms with Gasteiger partial charge in [0, 0.05) is 12.5 Å². The molecule has 0 aromatic carbocycles. The maximum atomic E-state index is 12.0. The summed E-state index contributed by atoms with van der Waals surface area (Å²) in [6.07, 6.45) is 7.61. The lowest BCUT2D eigenvalue weighted by Gasteiger charge is -2.28. The molecule has 0 radical (unpaired) electrons. The standard InChI is InChI=1S/C14H27NO2/c1-11(2)13(14(17)15-8-9-16)10-12-6-4-3-5-7-12/h11-13,16H,3-10H2,1-2H3,(H,15,17). The lowest BCUT2D eigenvalue weighted by atomic mass is 9.79. The summed E-state index contributed by atoms with van der Waals surface area (Å²) in [4.78, 5) is 12.0. The summed E-state index contributed by atoms with van der Waals surface area (Å²) in [5, 5.41) is 11.6. The minimum atomic E-state index is 0.0278. The van der Waals surface area contributed by atoms with E-state index in [1.165, 1.54) is 32.1 Å². The van der Waals surface area contributed by atoms with Gasteiger partial charge in [-0.25, -0.2) is 0 Å². The highest BCUT2D eigenvalue weighted by Gasteiger charge is 2.26. The molecule has 100 valence electrons. The average Bonchev–Trinajstić information content (AvgIpc) is 2.34. The van der Waals surface area contributed by atoms with Crippen LogP contribution in [0.1, 0.15) is 52.4 Å². The van der Waals surface area contributed by atoms with Gasteiger partial charge < -0.3 is 10.4 Å². The summed E-state index contributed by atoms with van der Waals surface area (Å²) in [5.41, 5.74) is 0. The van der Waals surface area contributed by atoms with Gasteiger partial charge in [-0.05, 0) is 18.3 Å². The number of carbonyl (C=O) groups is 1. The zero-order valence-electron chi connectivity index (χ0n) is 11.2. The van der Waals surface area contributed by atoms with Crippen molar-refractivity contribution in [2.24, 2.45) is 17.8 Å². The predicted octanol–water partition coefficient (Wildman–Crippen LogP) is 2.34. The van der Waals surface area contributed by atoms with Crippen LogP contribution < -0.4 is 5.32 Å². The maximum absolute atomic E-state index is 12.0. The highest BCUT2D eigenvalue weighted by Crippen LogP contribution is 2.31. The van der Waals surface area contributed by atoms with Crippen molar-refractivity contribution in [3.05, 3.63) is 0 Å². The summed E-state index contributed by atoms with van der Waals surface area (Å²) < 4.78 is 0. The maximum Gasteiger partial charge on any atom is 0.223 e. The zero-order chi connectivity index (χ0) is 12.7. The molecule has 1 fully saturated rings. The average molecular weight is 241 g/mol. The van der Waals surface area contributed by atoms with Crippen molar-refractivity contribution in [2.75, 3.05) is 13.2 Å². The summed E-state index contributed by atoms with van der Waals surface area (Å²) in [7, 11) is 0. The Morgan fingerprint density at radius 2 is 1.94 bits per heavy atom. The topological polar surface area (TPSA) is 49.3 Å². The number of carbonyl (C=O) groups excluding carboxylic acids is 1. The fourth-order valence-corrected chi connectivity index (χ4v) is 2.77. The molecule has 0 bridgehead atoms. The molecule has 0 aromatic heterocycles. The minimum Gasteiger partial charge on any atom is -0.395 e. The molecular formula is C14H27NO2. The molecule has 0 spiro atoms. The smallest absolute Gasteiger partial charge is 0.223 e. The second-order valence-electron chi connectivity index (χ2n) is 5.60. The lowest BCUT2D eigenvalue weighted by molar-refractivity contribution is -0.127. The fraction of sp³-hybridized carbons (Fsp3) is 0.929. The summed E-state index contributed by atoms with van der Waals surface area (Å²) in [5.74, 6) is 1.36. The van der Waals surface area contributed by atoms with Crippen molar-refractivity contribution in [1.29, 1.82) is 0 Å². The molecule has 1 atom stereocenters. The zero-order valence-corrected chi connectivity index (χ0v) is 11.2. The van der Waals surface area contributed by atoms with E-state index in [-0.39, 0.29) is 18.4 Å². The molecule has 0 saturated heterocycles. The van der Waals surface area contributed by atoms with E-state index in [0.29, 0.717) is 12.5 Å². The lowest BCUT2D eigenvalue weighted by Crippen LogP contribution is -2.36. The van der Waals surface area contributed by atoms with Gasteiger partial charge in [-0.15, -0.1) is 0 Å². The molecule has 2 N–H and O–H groups in total. The van der Waals surface area contributed by atoms with Crippen molar-refractivity contribution in [2.45, 2.75) is 52.4 Å². The van der Waals surface area contributed by atoms with Gasteiger partial charge in [0.25, 0.3) is 0 Å². The van der Waals surface area contributed by atoms with Crippen LogP contribution in [0.5, 0.6) is 0 Å². The van der Waals surface area contributed by atoms with Gasteiger partial charge in [0.2, 0.25) is 5.91 Å². The van der Waals surface area contributed by atoms with Gasteiger partial charge in [-0.3, -0.25) is 4.79 Å². The van der Waals surface area contributed by atoms with E-state index in [0.717, 1.165) is 12.3 Å². The highest BCUT2D eigenvalue weighted by molar-refractivity contribution is 5.78. The molecule has 1 aliphatic rings. The Morgan fingerprint density at radius 1 is 1.29 bits per heavy atom. The first-order chi connectivity index (χ1) is 8.15. The molecule has 0 aliphatic heterocycles. The number of hydrogen-bond acceptors (Lipinski definition) is 2. The quantitative estimate of drug-likeness (QED) is 0.750. The molecule has 1 amide bonds. The van der Waals surface area contributed by atoms with Gasteiger partial charge in [0.05, 0.1) is 6.61 Å². The van der Waals surface area contributed by atoms with Crippen LogP contribution in [0.2, 0.25) is 0 Å². The first-order valence-corrected chi connectivity index (χ1v) is 7.03. The molecule has 0 heterocycles. The van der Waals surface area contributed by atoms with E-state index in [2.05, 4.69) is 19.2 Å². The number of rotatable bonds is 6. The van der Waals surface area contributed by atoms with Crippen LogP contribution in [0.15, 0.2) is 0 Å². The molecule has 17 heavy (non-hydrogen) atoms. The Labute approximate surface area is 105 Å². The van der Waals surface area contributed by atoms with Crippen molar-refractivity contribution in [1.82, 2.24) is 5.32 Å². The Morgan fingerprint density at radius 3 is 2.47 bits per heavy atom. The summed E-state index contributed by atoms with van der Waals surface area (Å²) in [6, 6.07) is 0. The number of amides is 1. The van der Waals surface area contributed by atoms with Gasteiger partial charge >= 0.3 is 0 Å². The van der Waals surface area contributed by atoms with E-state index in [9.17, 15) is 4.79 Å². The van der Waals surface area contributed by atoms with Crippen LogP contribution in [-0.4, -0.2) is 24.2 Å². The highest BCUT2D eigenvalue weighted by atomic mass is 16.3. The largest absolute Gasteiger partial charge is 0.395 e. The van der Waals surface area contributed by atoms with E-state index < -0.39 is 0 Å². The molecule has 1 rings (SSSR count). The second-order valence-corrected chi connectivity index (χ2v) is 5.60. The Kier molecular flexibility index (Phi) is 6.56. The predicted molar refractivity (Wildman–Crippen MR) is 69.6 cm³/mol. The van der Waals surface area contributed by atoms with Crippen LogP contribution in [0.3, 0.4) is 0 Å². The third-order valence-electron chi connectivity index (χ3n) is 3.86. The first kappa shape index (κ1) is 14.5. The third-order valence-corrected chi connectivity index (χ3v) is 3.86. The van der Waals surface area contributed by atoms with Crippen LogP contribution in [-0.2, 0) is 4.79 Å². The second kappa shape index (κ2) is 7.70. The summed E-state index contributed by atoms with van der Waals surface area (Å²) >= 11 is 0. The van der Waals surface area contributed by atoms with Gasteiger partial charge in [0.15, 0.2) is 0 Å². The third kappa shape index (κ3) is 5.07. The van der Waals surface area contributed by atoms with Gasteiger partial charge in [-0.2, -0.15) is 0 Å². The number of aliphatic hydroxyl groups excluding tert-OH is 1. The van der Waals surface area contributed by atoms with Crippen molar-refractivity contribution >= 4 is 5.91 Å². The van der Waals surface area contributed by atoms with Crippen LogP contribution in [0, 0.1) is 17.8 Å². The van der Waals surface area contributed by atoms with Crippen LogP contribution in [0.4, 0.5) is 0 Å². The van der Waals surface area contributed by atoms with Gasteiger partial charge in [-0.1, -0.05) is 46.0 Å². The monoisotopic (exact) mass is 241 g/mol. The molecule has 0 aromatic rings. The molecule has 1 unspecified atom stereocenters. The van der Waals surface area contributed by atoms with Crippen molar-refractivity contribution in [3.63, 3.8) is 0 Å². The molecule has 1 aliphatic carbocycles. The molecular weight excluding hydrogens is 214 g/mol. The van der Waals surface area contributed by atoms with Crippen molar-refractivity contribution < 1.29 is 9.90 Å². The molecule has 3 heteroatoms. The molecule has 1 saturated carbocycles. The Balaban J connectivity index is 2.43. The van der Waals surface area contributed by atoms with E-state index in [1.807, 2.05) is 0 Å². The summed E-state index contributed by atoms with van der Waals surface area (Å²) in [6.45, 7) is 4.64. The SMILES string of the molecule is CC(C)C(CC1CCCCC1)C(=O)NCCO. The minimum absolute atomic E-state index is 0.0278. The number of nitrogens with one attached hydrogen (secondary N) is 1. The van der Waals surface area contributed by atoms with Crippen LogP contribution >= 0.6 is 0 Å². The molecule has 3 nitrogen and oxygen atoms in total. The Bertz CT molecular complexity index is 222. The normalized spacial score (nSPS) is 19.3. The van der Waals surface area contributed by atoms with E-state index >= 15 is 0 Å². The van der Waals surface area contributed by atoms with Crippen molar-refractivity contribution in [3.8, 4) is 0 Å². The fourth-order valence-electron chi connectivity index (χ4n) is 2.77. The van der Waals surface area contributed by atoms with Crippen LogP contribution in [0.25, 0.3) is 0 Å². The Hall–Kier alpha value is -0.570. The number of hydrogen-bond donors (Lipinski definition) is 2. The first-order valence-electron chi connectivity index (χ1n) is 7.03. The van der Waals surface area contributed by atoms with E-state index in [1.54, 1.807) is 0 Å². The number of aliphatic hydroxyl groups is 1. The van der Waals surface area contributed by atoms with E-state index in [4.69, 9.17) is 5.11 Å².